The van der Waals surface area contributed by atoms with E-state index in [1.165, 1.54) is 19.6 Å². The molecule has 0 aliphatic rings. The largest absolute Gasteiger partial charge is 0.465 e. The van der Waals surface area contributed by atoms with Crippen molar-refractivity contribution in [2.24, 2.45) is 0 Å². The monoisotopic (exact) mass is 393 g/mol. The van der Waals surface area contributed by atoms with Gasteiger partial charge in [0.05, 0.1) is 18.4 Å². The summed E-state index contributed by atoms with van der Waals surface area (Å²) in [7, 11) is 3.02. The maximum atomic E-state index is 12.1. The Morgan fingerprint density at radius 1 is 1.07 bits per heavy atom. The van der Waals surface area contributed by atoms with Crippen molar-refractivity contribution >= 4 is 34.9 Å². The van der Waals surface area contributed by atoms with Gasteiger partial charge in [0, 0.05) is 13.2 Å². The Kier molecular flexibility index (Phi) is 5.83. The number of hydrogen-bond acceptors (Lipinski definition) is 9. The second-order valence-corrected chi connectivity index (χ2v) is 5.82. The molecule has 1 aromatic carbocycles. The van der Waals surface area contributed by atoms with Crippen LogP contribution in [0.15, 0.2) is 55.0 Å². The molecule has 0 atom stereocenters. The molecule has 0 saturated carbocycles. The van der Waals surface area contributed by atoms with Gasteiger partial charge in [0.2, 0.25) is 0 Å². The van der Waals surface area contributed by atoms with E-state index in [0.717, 1.165) is 0 Å². The summed E-state index contributed by atoms with van der Waals surface area (Å²) in [5, 5.41) is 0. The van der Waals surface area contributed by atoms with Crippen LogP contribution in [-0.4, -0.2) is 41.0 Å². The number of nitrogen functional groups attached to an aromatic ring is 1. The number of carbonyl (C=O) groups is 2. The number of pyridine rings is 1. The number of amides is 1. The number of rotatable bonds is 6. The summed E-state index contributed by atoms with van der Waals surface area (Å²) in [4.78, 5) is 38.0. The molecular weight excluding hydrogens is 374 g/mol. The first kappa shape index (κ1) is 19.5. The Hall–Kier alpha value is -4.21. The molecule has 0 spiro atoms. The highest BCUT2D eigenvalue weighted by atomic mass is 16.5. The highest BCUT2D eigenvalue weighted by Crippen LogP contribution is 2.32. The van der Waals surface area contributed by atoms with Gasteiger partial charge >= 0.3 is 5.97 Å². The summed E-state index contributed by atoms with van der Waals surface area (Å²) in [6.45, 7) is 0. The van der Waals surface area contributed by atoms with Crippen LogP contribution in [-0.2, 0) is 4.74 Å². The average molecular weight is 393 g/mol. The van der Waals surface area contributed by atoms with Crippen LogP contribution in [0, 0.1) is 0 Å². The third-order valence-electron chi connectivity index (χ3n) is 4.04. The molecule has 0 aliphatic heterocycles. The lowest BCUT2D eigenvalue weighted by Gasteiger charge is -2.22. The Bertz CT molecular complexity index is 1030. The van der Waals surface area contributed by atoms with E-state index in [0.29, 0.717) is 17.1 Å². The van der Waals surface area contributed by atoms with Gasteiger partial charge in [-0.1, -0.05) is 18.2 Å². The van der Waals surface area contributed by atoms with Crippen LogP contribution in [0.25, 0.3) is 0 Å². The quantitative estimate of drug-likeness (QED) is 0.423. The average Bonchev–Trinajstić information content (AvgIpc) is 2.77. The number of hydrogen-bond donors (Lipinski definition) is 3. The number of hydrazine groups is 1. The van der Waals surface area contributed by atoms with Crippen molar-refractivity contribution in [1.29, 1.82) is 0 Å². The van der Waals surface area contributed by atoms with Crippen LogP contribution in [0.3, 0.4) is 0 Å². The number of nitrogens with zero attached hydrogens (tertiary/aromatic N) is 4. The highest BCUT2D eigenvalue weighted by Gasteiger charge is 2.19. The van der Waals surface area contributed by atoms with Gasteiger partial charge < -0.3 is 15.4 Å². The topological polar surface area (TPSA) is 135 Å². The van der Waals surface area contributed by atoms with Crippen molar-refractivity contribution in [3.8, 4) is 0 Å². The molecule has 148 valence electrons. The molecule has 0 saturated heterocycles. The normalized spacial score (nSPS) is 10.1. The molecule has 0 radical (unpaired) electrons. The fourth-order valence-electron chi connectivity index (χ4n) is 2.59. The van der Waals surface area contributed by atoms with Crippen LogP contribution < -0.4 is 21.5 Å². The molecule has 0 bridgehead atoms. The maximum Gasteiger partial charge on any atom is 0.339 e. The Balaban J connectivity index is 1.84. The number of aromatic nitrogens is 3. The minimum absolute atomic E-state index is 0.177. The molecular formula is C19H19N7O3. The molecule has 3 aromatic rings. The fraction of sp³-hybridized carbons (Fsp3) is 0.105. The maximum absolute atomic E-state index is 12.1. The zero-order chi connectivity index (χ0) is 20.8. The van der Waals surface area contributed by atoms with Gasteiger partial charge in [-0.25, -0.2) is 14.8 Å². The van der Waals surface area contributed by atoms with Gasteiger partial charge in [0.1, 0.15) is 17.7 Å². The van der Waals surface area contributed by atoms with Crippen molar-refractivity contribution in [1.82, 2.24) is 20.4 Å². The molecule has 10 heteroatoms. The Labute approximate surface area is 166 Å². The highest BCUT2D eigenvalue weighted by molar-refractivity contribution is 5.97. The van der Waals surface area contributed by atoms with Crippen LogP contribution in [0.2, 0.25) is 0 Å². The van der Waals surface area contributed by atoms with Gasteiger partial charge in [-0.3, -0.25) is 20.6 Å². The van der Waals surface area contributed by atoms with Gasteiger partial charge in [-0.15, -0.1) is 0 Å². The van der Waals surface area contributed by atoms with Crippen LogP contribution in [0.5, 0.6) is 0 Å². The van der Waals surface area contributed by atoms with Crippen LogP contribution >= 0.6 is 0 Å². The minimum atomic E-state index is -0.485. The molecule has 0 fully saturated rings. The SMILES string of the molecule is COC(=O)c1ccccc1N(C)c1ncnc(NNC(=O)c2ccccn2)c1N. The number of methoxy groups -OCH3 is 1. The van der Waals surface area contributed by atoms with Crippen molar-refractivity contribution < 1.29 is 14.3 Å². The molecule has 3 rings (SSSR count). The Morgan fingerprint density at radius 2 is 1.83 bits per heavy atom. The van der Waals surface area contributed by atoms with Gasteiger partial charge in [-0.05, 0) is 24.3 Å². The van der Waals surface area contributed by atoms with Crippen molar-refractivity contribution in [3.05, 3.63) is 66.2 Å². The first-order valence-electron chi connectivity index (χ1n) is 8.52. The Morgan fingerprint density at radius 3 is 2.55 bits per heavy atom. The number of nitrogens with two attached hydrogens (primary N) is 1. The molecule has 29 heavy (non-hydrogen) atoms. The van der Waals surface area contributed by atoms with Gasteiger partial charge in [-0.2, -0.15) is 0 Å². The predicted octanol–water partition coefficient (Wildman–Crippen LogP) is 1.77. The summed E-state index contributed by atoms with van der Waals surface area (Å²) in [6.07, 6.45) is 2.80. The second kappa shape index (κ2) is 8.65. The fourth-order valence-corrected chi connectivity index (χ4v) is 2.59. The second-order valence-electron chi connectivity index (χ2n) is 5.82. The third-order valence-corrected chi connectivity index (χ3v) is 4.04. The predicted molar refractivity (Wildman–Crippen MR) is 108 cm³/mol. The van der Waals surface area contributed by atoms with E-state index in [-0.39, 0.29) is 17.2 Å². The van der Waals surface area contributed by atoms with Crippen molar-refractivity contribution in [3.63, 3.8) is 0 Å². The van der Waals surface area contributed by atoms with Crippen molar-refractivity contribution in [2.75, 3.05) is 30.2 Å². The molecule has 2 heterocycles. The van der Waals surface area contributed by atoms with E-state index >= 15 is 0 Å². The number of esters is 1. The smallest absolute Gasteiger partial charge is 0.339 e. The van der Waals surface area contributed by atoms with Crippen LogP contribution in [0.4, 0.5) is 23.0 Å². The summed E-state index contributed by atoms with van der Waals surface area (Å²) >= 11 is 0. The van der Waals surface area contributed by atoms with E-state index < -0.39 is 11.9 Å². The number of carbonyl (C=O) groups excluding carboxylic acids is 2. The first-order chi connectivity index (χ1) is 14.0. The number of nitrogens with one attached hydrogen (secondary N) is 2. The molecule has 2 aromatic heterocycles. The first-order valence-corrected chi connectivity index (χ1v) is 8.52. The molecule has 0 aliphatic carbocycles. The molecule has 10 nitrogen and oxygen atoms in total. The van der Waals surface area contributed by atoms with E-state index in [1.54, 1.807) is 54.4 Å². The molecule has 4 N–H and O–H groups in total. The summed E-state index contributed by atoms with van der Waals surface area (Å²) in [5.41, 5.74) is 12.7. The summed E-state index contributed by atoms with van der Waals surface area (Å²) in [6, 6.07) is 11.9. The number of benzene rings is 1. The van der Waals surface area contributed by atoms with Crippen molar-refractivity contribution in [2.45, 2.75) is 0 Å². The standard InChI is InChI=1S/C19H19N7O3/c1-26(14-9-4-3-7-12(14)19(28)29-2)17-15(20)16(22-11-23-17)24-25-18(27)13-8-5-6-10-21-13/h3-11H,20H2,1-2H3,(H,25,27)(H,22,23,24). The van der Waals surface area contributed by atoms with E-state index in [4.69, 9.17) is 10.5 Å². The lowest BCUT2D eigenvalue weighted by molar-refractivity contribution is 0.0601. The minimum Gasteiger partial charge on any atom is -0.465 e. The lowest BCUT2D eigenvalue weighted by atomic mass is 10.1. The number of anilines is 4. The molecule has 1 amide bonds. The van der Waals surface area contributed by atoms with Gasteiger partial charge in [0.15, 0.2) is 11.6 Å². The van der Waals surface area contributed by atoms with Crippen LogP contribution in [0.1, 0.15) is 20.8 Å². The van der Waals surface area contributed by atoms with E-state index in [1.807, 2.05) is 0 Å². The number of ether oxygens (including phenoxy) is 1. The third kappa shape index (κ3) is 4.21. The molecule has 0 unspecified atom stereocenters. The van der Waals surface area contributed by atoms with E-state index in [9.17, 15) is 9.59 Å². The number of para-hydroxylation sites is 1. The summed E-state index contributed by atoms with van der Waals surface area (Å²) in [5.74, 6) is -0.400. The summed E-state index contributed by atoms with van der Waals surface area (Å²) < 4.78 is 4.83. The zero-order valence-corrected chi connectivity index (χ0v) is 15.8. The zero-order valence-electron chi connectivity index (χ0n) is 15.8. The van der Waals surface area contributed by atoms with Gasteiger partial charge in [0.25, 0.3) is 5.91 Å². The van der Waals surface area contributed by atoms with E-state index in [2.05, 4.69) is 25.8 Å². The lowest BCUT2D eigenvalue weighted by Crippen LogP contribution is -2.31.